The molecule has 102 valence electrons. The lowest BCUT2D eigenvalue weighted by Gasteiger charge is -2.44. The van der Waals surface area contributed by atoms with Gasteiger partial charge in [0.2, 0.25) is 0 Å². The standard InChI is InChI=1S/C15H25ClN2/c1-5-15(4,18(6-2)7-3)14(17)12-9-8-10-13(16)11-12/h8-11,14H,5-7,17H2,1-4H3. The minimum Gasteiger partial charge on any atom is -0.322 e. The van der Waals surface area contributed by atoms with Crippen LogP contribution in [-0.2, 0) is 0 Å². The molecule has 0 aromatic heterocycles. The summed E-state index contributed by atoms with van der Waals surface area (Å²) in [6, 6.07) is 7.87. The first kappa shape index (κ1) is 15.5. The lowest BCUT2D eigenvalue weighted by Crippen LogP contribution is -2.52. The van der Waals surface area contributed by atoms with Crippen molar-refractivity contribution in [2.75, 3.05) is 13.1 Å². The van der Waals surface area contributed by atoms with Crippen molar-refractivity contribution in [2.45, 2.75) is 45.7 Å². The van der Waals surface area contributed by atoms with Gasteiger partial charge in [0.05, 0.1) is 0 Å². The molecule has 1 rings (SSSR count). The average molecular weight is 269 g/mol. The molecule has 2 atom stereocenters. The van der Waals surface area contributed by atoms with Gasteiger partial charge in [-0.05, 0) is 44.1 Å². The van der Waals surface area contributed by atoms with Crippen molar-refractivity contribution >= 4 is 11.6 Å². The number of hydrogen-bond acceptors (Lipinski definition) is 2. The van der Waals surface area contributed by atoms with E-state index in [9.17, 15) is 0 Å². The normalized spacial score (nSPS) is 16.6. The fraction of sp³-hybridized carbons (Fsp3) is 0.600. The van der Waals surface area contributed by atoms with Crippen molar-refractivity contribution in [3.05, 3.63) is 34.9 Å². The molecule has 2 N–H and O–H groups in total. The third-order valence-electron chi connectivity index (χ3n) is 4.08. The molecule has 0 aliphatic heterocycles. The Kier molecular flexibility index (Phi) is 5.64. The molecule has 2 nitrogen and oxygen atoms in total. The Morgan fingerprint density at radius 2 is 1.89 bits per heavy atom. The summed E-state index contributed by atoms with van der Waals surface area (Å²) >= 11 is 6.06. The van der Waals surface area contributed by atoms with Crippen LogP contribution >= 0.6 is 11.6 Å². The van der Waals surface area contributed by atoms with E-state index in [1.807, 2.05) is 18.2 Å². The van der Waals surface area contributed by atoms with Gasteiger partial charge in [-0.3, -0.25) is 4.90 Å². The molecule has 0 fully saturated rings. The van der Waals surface area contributed by atoms with Gasteiger partial charge in [-0.15, -0.1) is 0 Å². The average Bonchev–Trinajstić information content (AvgIpc) is 2.38. The fourth-order valence-electron chi connectivity index (χ4n) is 2.65. The van der Waals surface area contributed by atoms with Crippen LogP contribution in [0.25, 0.3) is 0 Å². The third kappa shape index (κ3) is 3.05. The number of rotatable bonds is 6. The van der Waals surface area contributed by atoms with Crippen molar-refractivity contribution in [1.82, 2.24) is 4.90 Å². The highest BCUT2D eigenvalue weighted by molar-refractivity contribution is 6.30. The lowest BCUT2D eigenvalue weighted by molar-refractivity contribution is 0.0844. The van der Waals surface area contributed by atoms with Crippen LogP contribution in [0.15, 0.2) is 24.3 Å². The molecule has 1 aromatic rings. The highest BCUT2D eigenvalue weighted by atomic mass is 35.5. The van der Waals surface area contributed by atoms with Crippen LogP contribution in [0.2, 0.25) is 5.02 Å². The van der Waals surface area contributed by atoms with E-state index >= 15 is 0 Å². The first-order valence-electron chi connectivity index (χ1n) is 6.75. The Bertz CT molecular complexity index is 377. The van der Waals surface area contributed by atoms with Crippen molar-refractivity contribution in [1.29, 1.82) is 0 Å². The maximum absolute atomic E-state index is 6.50. The number of nitrogens with zero attached hydrogens (tertiary/aromatic N) is 1. The quantitative estimate of drug-likeness (QED) is 0.849. The lowest BCUT2D eigenvalue weighted by atomic mass is 9.83. The highest BCUT2D eigenvalue weighted by Crippen LogP contribution is 2.33. The zero-order valence-electron chi connectivity index (χ0n) is 11.9. The fourth-order valence-corrected chi connectivity index (χ4v) is 2.84. The van der Waals surface area contributed by atoms with Crippen LogP contribution in [0.5, 0.6) is 0 Å². The molecule has 0 heterocycles. The van der Waals surface area contributed by atoms with Crippen LogP contribution in [0.4, 0.5) is 0 Å². The molecule has 3 heteroatoms. The largest absolute Gasteiger partial charge is 0.322 e. The summed E-state index contributed by atoms with van der Waals surface area (Å²) in [6.07, 6.45) is 1.02. The summed E-state index contributed by atoms with van der Waals surface area (Å²) in [7, 11) is 0. The molecule has 0 saturated carbocycles. The third-order valence-corrected chi connectivity index (χ3v) is 4.31. The molecule has 0 aliphatic carbocycles. The molecule has 0 saturated heterocycles. The Morgan fingerprint density at radius 1 is 1.28 bits per heavy atom. The van der Waals surface area contributed by atoms with Gasteiger partial charge in [-0.1, -0.05) is 44.5 Å². The van der Waals surface area contributed by atoms with Crippen molar-refractivity contribution in [3.8, 4) is 0 Å². The van der Waals surface area contributed by atoms with Crippen LogP contribution in [0.1, 0.15) is 45.7 Å². The Labute approximate surface area is 116 Å². The summed E-state index contributed by atoms with van der Waals surface area (Å²) < 4.78 is 0. The van der Waals surface area contributed by atoms with Gasteiger partial charge in [0.1, 0.15) is 0 Å². The monoisotopic (exact) mass is 268 g/mol. The van der Waals surface area contributed by atoms with Crippen LogP contribution < -0.4 is 5.73 Å². The highest BCUT2D eigenvalue weighted by Gasteiger charge is 2.35. The molecule has 0 amide bonds. The van der Waals surface area contributed by atoms with Crippen LogP contribution in [0, 0.1) is 0 Å². The molecule has 0 bridgehead atoms. The van der Waals surface area contributed by atoms with E-state index in [1.54, 1.807) is 0 Å². The second-order valence-electron chi connectivity index (χ2n) is 4.92. The topological polar surface area (TPSA) is 29.3 Å². The predicted octanol–water partition coefficient (Wildman–Crippen LogP) is 3.85. The van der Waals surface area contributed by atoms with Gasteiger partial charge in [0.25, 0.3) is 0 Å². The van der Waals surface area contributed by atoms with E-state index in [2.05, 4.69) is 38.7 Å². The van der Waals surface area contributed by atoms with Crippen LogP contribution in [0.3, 0.4) is 0 Å². The SMILES string of the molecule is CCN(CC)C(C)(CC)C(N)c1cccc(Cl)c1. The zero-order chi connectivity index (χ0) is 13.8. The summed E-state index contributed by atoms with van der Waals surface area (Å²) in [5.74, 6) is 0. The predicted molar refractivity (Wildman–Crippen MR) is 80.0 cm³/mol. The molecule has 0 spiro atoms. The van der Waals surface area contributed by atoms with Crippen molar-refractivity contribution < 1.29 is 0 Å². The van der Waals surface area contributed by atoms with E-state index in [1.165, 1.54) is 0 Å². The van der Waals surface area contributed by atoms with E-state index in [-0.39, 0.29) is 11.6 Å². The zero-order valence-corrected chi connectivity index (χ0v) is 12.7. The number of halogens is 1. The smallest absolute Gasteiger partial charge is 0.0479 e. The van der Waals surface area contributed by atoms with Gasteiger partial charge < -0.3 is 5.73 Å². The molecular weight excluding hydrogens is 244 g/mol. The Hall–Kier alpha value is -0.570. The van der Waals surface area contributed by atoms with Gasteiger partial charge >= 0.3 is 0 Å². The first-order chi connectivity index (χ1) is 8.49. The van der Waals surface area contributed by atoms with E-state index in [0.29, 0.717) is 0 Å². The maximum atomic E-state index is 6.50. The Balaban J connectivity index is 3.07. The summed E-state index contributed by atoms with van der Waals surface area (Å²) in [4.78, 5) is 2.43. The van der Waals surface area contributed by atoms with E-state index in [4.69, 9.17) is 17.3 Å². The van der Waals surface area contributed by atoms with Crippen molar-refractivity contribution in [3.63, 3.8) is 0 Å². The van der Waals surface area contributed by atoms with E-state index in [0.717, 1.165) is 30.1 Å². The minimum absolute atomic E-state index is 0.0268. The van der Waals surface area contributed by atoms with Gasteiger partial charge in [-0.2, -0.15) is 0 Å². The number of nitrogens with two attached hydrogens (primary N) is 1. The van der Waals surface area contributed by atoms with Crippen molar-refractivity contribution in [2.24, 2.45) is 5.73 Å². The molecule has 1 aromatic carbocycles. The van der Waals surface area contributed by atoms with Gasteiger partial charge in [0.15, 0.2) is 0 Å². The number of hydrogen-bond donors (Lipinski definition) is 1. The first-order valence-corrected chi connectivity index (χ1v) is 7.13. The molecule has 18 heavy (non-hydrogen) atoms. The summed E-state index contributed by atoms with van der Waals surface area (Å²) in [5.41, 5.74) is 7.58. The minimum atomic E-state index is -0.0335. The molecule has 2 unspecified atom stereocenters. The number of benzene rings is 1. The van der Waals surface area contributed by atoms with E-state index < -0.39 is 0 Å². The maximum Gasteiger partial charge on any atom is 0.0479 e. The second kappa shape index (κ2) is 6.55. The van der Waals surface area contributed by atoms with Gasteiger partial charge in [-0.25, -0.2) is 0 Å². The molecular formula is C15H25ClN2. The molecule has 0 aliphatic rings. The summed E-state index contributed by atoms with van der Waals surface area (Å²) in [5, 5.41) is 0.751. The Morgan fingerprint density at radius 3 is 2.33 bits per heavy atom. The summed E-state index contributed by atoms with van der Waals surface area (Å²) in [6.45, 7) is 10.8. The van der Waals surface area contributed by atoms with Gasteiger partial charge in [0, 0.05) is 16.6 Å². The second-order valence-corrected chi connectivity index (χ2v) is 5.35. The van der Waals surface area contributed by atoms with Crippen LogP contribution in [-0.4, -0.2) is 23.5 Å². The number of likely N-dealkylation sites (N-methyl/N-ethyl adjacent to an activating group) is 1. The molecule has 0 radical (unpaired) electrons.